The molecule has 5 heteroatoms. The zero-order valence-corrected chi connectivity index (χ0v) is 17.4. The molecule has 1 aromatic rings. The smallest absolute Gasteiger partial charge is 0.336 e. The second-order valence-electron chi connectivity index (χ2n) is 7.12. The van der Waals surface area contributed by atoms with Gasteiger partial charge in [0.25, 0.3) is 0 Å². The van der Waals surface area contributed by atoms with Crippen molar-refractivity contribution in [2.45, 2.75) is 90.4 Å². The van der Waals surface area contributed by atoms with Crippen molar-refractivity contribution in [1.29, 1.82) is 0 Å². The number of rotatable bonds is 15. The quantitative estimate of drug-likeness (QED) is 0.310. The molecule has 0 aliphatic carbocycles. The normalized spacial score (nSPS) is 10.2. The summed E-state index contributed by atoms with van der Waals surface area (Å²) in [5, 5.41) is 25.7. The highest BCUT2D eigenvalue weighted by Crippen LogP contribution is 2.12. The summed E-state index contributed by atoms with van der Waals surface area (Å²) in [6, 6.07) is 5.48. The van der Waals surface area contributed by atoms with Gasteiger partial charge >= 0.3 is 11.9 Å². The molecule has 28 heavy (non-hydrogen) atoms. The highest BCUT2D eigenvalue weighted by atomic mass is 16.4. The van der Waals surface area contributed by atoms with Crippen molar-refractivity contribution in [2.75, 3.05) is 6.61 Å². The number of aliphatic hydroxyl groups excluding tert-OH is 1. The lowest BCUT2D eigenvalue weighted by molar-refractivity contribution is 0.0651. The first-order chi connectivity index (χ1) is 13.5. The molecular formula is C23H38O5. The Morgan fingerprint density at radius 2 is 0.964 bits per heavy atom. The molecule has 0 saturated carbocycles. The van der Waals surface area contributed by atoms with Crippen molar-refractivity contribution in [1.82, 2.24) is 0 Å². The Labute approximate surface area is 169 Å². The lowest BCUT2D eigenvalue weighted by Gasteiger charge is -2.02. The van der Waals surface area contributed by atoms with Crippen molar-refractivity contribution >= 4 is 11.9 Å². The van der Waals surface area contributed by atoms with E-state index in [0.717, 1.165) is 6.42 Å². The molecule has 0 atom stereocenters. The van der Waals surface area contributed by atoms with Gasteiger partial charge in [-0.25, -0.2) is 9.59 Å². The summed E-state index contributed by atoms with van der Waals surface area (Å²) >= 11 is 0. The van der Waals surface area contributed by atoms with E-state index in [1.807, 2.05) is 0 Å². The number of hydrogen-bond donors (Lipinski definition) is 3. The van der Waals surface area contributed by atoms with Crippen LogP contribution < -0.4 is 0 Å². The maximum Gasteiger partial charge on any atom is 0.336 e. The van der Waals surface area contributed by atoms with Gasteiger partial charge in [0.1, 0.15) is 0 Å². The van der Waals surface area contributed by atoms with E-state index in [-0.39, 0.29) is 11.1 Å². The maximum absolute atomic E-state index is 10.5. The molecule has 0 aromatic heterocycles. The number of carbonyl (C=O) groups is 2. The average Bonchev–Trinajstić information content (AvgIpc) is 2.69. The molecule has 0 saturated heterocycles. The minimum atomic E-state index is -1.23. The van der Waals surface area contributed by atoms with Gasteiger partial charge in [0.05, 0.1) is 11.1 Å². The Balaban J connectivity index is 0.000000540. The predicted molar refractivity (Wildman–Crippen MR) is 113 cm³/mol. The summed E-state index contributed by atoms with van der Waals surface area (Å²) in [5.41, 5.74) is -0.380. The summed E-state index contributed by atoms with van der Waals surface area (Å²) in [6.07, 6.45) is 17.7. The van der Waals surface area contributed by atoms with Gasteiger partial charge in [0.15, 0.2) is 0 Å². The summed E-state index contributed by atoms with van der Waals surface area (Å²) < 4.78 is 0. The van der Waals surface area contributed by atoms with Crippen LogP contribution in [0.5, 0.6) is 0 Å². The second-order valence-corrected chi connectivity index (χ2v) is 7.12. The number of carboxylic acids is 2. The van der Waals surface area contributed by atoms with Crippen LogP contribution in [0.2, 0.25) is 0 Å². The maximum atomic E-state index is 10.5. The van der Waals surface area contributed by atoms with Gasteiger partial charge in [-0.3, -0.25) is 0 Å². The van der Waals surface area contributed by atoms with Gasteiger partial charge in [-0.15, -0.1) is 0 Å². The molecule has 0 aliphatic heterocycles. The van der Waals surface area contributed by atoms with E-state index in [1.54, 1.807) is 0 Å². The molecule has 0 bridgehead atoms. The molecule has 5 nitrogen and oxygen atoms in total. The molecule has 160 valence electrons. The Hall–Kier alpha value is -1.88. The number of carboxylic acid groups (broad SMARTS) is 2. The third-order valence-corrected chi connectivity index (χ3v) is 4.65. The predicted octanol–water partition coefficient (Wildman–Crippen LogP) is 6.15. The van der Waals surface area contributed by atoms with Crippen molar-refractivity contribution < 1.29 is 24.9 Å². The summed E-state index contributed by atoms with van der Waals surface area (Å²) in [5.74, 6) is -2.46. The van der Waals surface area contributed by atoms with Gasteiger partial charge in [-0.05, 0) is 18.6 Å². The number of aromatic carboxylic acids is 2. The van der Waals surface area contributed by atoms with Crippen molar-refractivity contribution in [3.8, 4) is 0 Å². The van der Waals surface area contributed by atoms with Crippen molar-refractivity contribution in [3.05, 3.63) is 35.4 Å². The van der Waals surface area contributed by atoms with Crippen LogP contribution in [0.15, 0.2) is 24.3 Å². The third kappa shape index (κ3) is 14.2. The first kappa shape index (κ1) is 26.1. The van der Waals surface area contributed by atoms with Crippen molar-refractivity contribution in [3.63, 3.8) is 0 Å². The average molecular weight is 395 g/mol. The zero-order valence-electron chi connectivity index (χ0n) is 17.4. The van der Waals surface area contributed by atoms with Crippen molar-refractivity contribution in [2.24, 2.45) is 0 Å². The van der Waals surface area contributed by atoms with Crippen LogP contribution in [-0.4, -0.2) is 33.9 Å². The Bertz CT molecular complexity index is 480. The highest BCUT2D eigenvalue weighted by molar-refractivity contribution is 6.01. The highest BCUT2D eigenvalue weighted by Gasteiger charge is 2.13. The van der Waals surface area contributed by atoms with Crippen LogP contribution in [0, 0.1) is 0 Å². The summed E-state index contributed by atoms with van der Waals surface area (Å²) in [6.45, 7) is 2.65. The van der Waals surface area contributed by atoms with Gasteiger partial charge in [-0.2, -0.15) is 0 Å². The van der Waals surface area contributed by atoms with Crippen LogP contribution in [0.3, 0.4) is 0 Å². The molecular weight excluding hydrogens is 356 g/mol. The van der Waals surface area contributed by atoms with Gasteiger partial charge < -0.3 is 15.3 Å². The number of hydrogen-bond acceptors (Lipinski definition) is 3. The van der Waals surface area contributed by atoms with Gasteiger partial charge in [-0.1, -0.05) is 96.1 Å². The lowest BCUT2D eigenvalue weighted by atomic mass is 10.0. The topological polar surface area (TPSA) is 94.8 Å². The first-order valence-electron chi connectivity index (χ1n) is 10.7. The van der Waals surface area contributed by atoms with Crippen LogP contribution in [0.4, 0.5) is 0 Å². The molecule has 0 aliphatic rings. The Kier molecular flexibility index (Phi) is 17.2. The standard InChI is InChI=1S/C15H32O.C8H6O4/c1-2-3-4-5-6-7-8-9-10-11-12-13-14-15-16;9-7(10)5-3-1-2-4-6(5)8(11)12/h16H,2-15H2,1H3;1-4H,(H,9,10)(H,11,12). The van der Waals surface area contributed by atoms with E-state index in [2.05, 4.69) is 6.92 Å². The van der Waals surface area contributed by atoms with Gasteiger partial charge in [0.2, 0.25) is 0 Å². The number of unbranched alkanes of at least 4 members (excludes halogenated alkanes) is 12. The minimum absolute atomic E-state index is 0.190. The monoisotopic (exact) mass is 394 g/mol. The molecule has 3 N–H and O–H groups in total. The van der Waals surface area contributed by atoms with E-state index in [0.29, 0.717) is 6.61 Å². The lowest BCUT2D eigenvalue weighted by Crippen LogP contribution is -2.06. The molecule has 1 rings (SSSR count). The van der Waals surface area contributed by atoms with Crippen LogP contribution in [0.25, 0.3) is 0 Å². The molecule has 0 fully saturated rings. The first-order valence-corrected chi connectivity index (χ1v) is 10.7. The van der Waals surface area contributed by atoms with Crippen LogP contribution in [0.1, 0.15) is 111 Å². The van der Waals surface area contributed by atoms with E-state index in [4.69, 9.17) is 15.3 Å². The number of aliphatic hydroxyl groups is 1. The molecule has 1 aromatic carbocycles. The fourth-order valence-electron chi connectivity index (χ4n) is 2.99. The van der Waals surface area contributed by atoms with Crippen LogP contribution in [-0.2, 0) is 0 Å². The Morgan fingerprint density at radius 3 is 1.25 bits per heavy atom. The molecule has 0 unspecified atom stereocenters. The fraction of sp³-hybridized carbons (Fsp3) is 0.652. The van der Waals surface area contributed by atoms with E-state index in [1.165, 1.54) is 101 Å². The zero-order chi connectivity index (χ0) is 21.0. The second kappa shape index (κ2) is 18.5. The summed E-state index contributed by atoms with van der Waals surface area (Å²) in [7, 11) is 0. The molecule has 0 spiro atoms. The van der Waals surface area contributed by atoms with E-state index < -0.39 is 11.9 Å². The number of benzene rings is 1. The minimum Gasteiger partial charge on any atom is -0.478 e. The summed E-state index contributed by atoms with van der Waals surface area (Å²) in [4.78, 5) is 20.9. The van der Waals surface area contributed by atoms with E-state index >= 15 is 0 Å². The molecule has 0 heterocycles. The fourth-order valence-corrected chi connectivity index (χ4v) is 2.99. The van der Waals surface area contributed by atoms with E-state index in [9.17, 15) is 9.59 Å². The third-order valence-electron chi connectivity index (χ3n) is 4.65. The SMILES string of the molecule is CCCCCCCCCCCCCCCO.O=C(O)c1ccccc1C(=O)O. The van der Waals surface area contributed by atoms with Crippen LogP contribution >= 0.6 is 0 Å². The Morgan fingerprint density at radius 1 is 0.643 bits per heavy atom. The largest absolute Gasteiger partial charge is 0.478 e. The molecule has 0 amide bonds. The van der Waals surface area contributed by atoms with Gasteiger partial charge in [0, 0.05) is 6.61 Å². The molecule has 0 radical (unpaired) electrons.